The standard InChI is InChI=1S/C18H28N2O2/c21-18(16-6-2-1-3-7-16)15-20-9-5-4-8-17(20)14-19-10-12-22-13-11-19/h1-3,6-7,17-18,21H,4-5,8-15H2/t17-,18+/m0/s1. The maximum atomic E-state index is 10.5. The lowest BCUT2D eigenvalue weighted by molar-refractivity contribution is 0.00673. The highest BCUT2D eigenvalue weighted by Gasteiger charge is 2.27. The number of morpholine rings is 1. The van der Waals surface area contributed by atoms with Gasteiger partial charge in [-0.2, -0.15) is 0 Å². The van der Waals surface area contributed by atoms with Crippen LogP contribution in [0.2, 0.25) is 0 Å². The molecule has 0 amide bonds. The van der Waals surface area contributed by atoms with Crippen molar-refractivity contribution in [2.24, 2.45) is 0 Å². The van der Waals surface area contributed by atoms with Crippen LogP contribution in [0.5, 0.6) is 0 Å². The molecule has 0 bridgehead atoms. The van der Waals surface area contributed by atoms with Gasteiger partial charge in [-0.05, 0) is 24.9 Å². The van der Waals surface area contributed by atoms with Gasteiger partial charge in [0, 0.05) is 32.2 Å². The van der Waals surface area contributed by atoms with Gasteiger partial charge < -0.3 is 9.84 Å². The Morgan fingerprint density at radius 2 is 1.86 bits per heavy atom. The van der Waals surface area contributed by atoms with E-state index in [2.05, 4.69) is 9.80 Å². The molecule has 0 aromatic heterocycles. The van der Waals surface area contributed by atoms with Crippen molar-refractivity contribution in [3.63, 3.8) is 0 Å². The Labute approximate surface area is 133 Å². The summed E-state index contributed by atoms with van der Waals surface area (Å²) in [5, 5.41) is 10.5. The van der Waals surface area contributed by atoms with Crippen LogP contribution in [0.3, 0.4) is 0 Å². The first-order valence-electron chi connectivity index (χ1n) is 8.60. The van der Waals surface area contributed by atoms with Crippen molar-refractivity contribution in [2.45, 2.75) is 31.4 Å². The second kappa shape index (κ2) is 8.06. The summed E-state index contributed by atoms with van der Waals surface area (Å²) in [5.74, 6) is 0. The molecular formula is C18H28N2O2. The Hall–Kier alpha value is -0.940. The van der Waals surface area contributed by atoms with Gasteiger partial charge in [0.05, 0.1) is 19.3 Å². The first-order valence-corrected chi connectivity index (χ1v) is 8.60. The molecule has 2 atom stereocenters. The molecule has 1 N–H and O–H groups in total. The zero-order chi connectivity index (χ0) is 15.2. The fourth-order valence-electron chi connectivity index (χ4n) is 3.59. The van der Waals surface area contributed by atoms with E-state index in [0.717, 1.165) is 51.5 Å². The first-order chi connectivity index (χ1) is 10.8. The SMILES string of the molecule is O[C@H](CN1CCCC[C@H]1CN1CCOCC1)c1ccccc1. The number of aliphatic hydroxyl groups excluding tert-OH is 1. The number of piperidine rings is 1. The summed E-state index contributed by atoms with van der Waals surface area (Å²) in [6.45, 7) is 6.79. The Morgan fingerprint density at radius 1 is 1.09 bits per heavy atom. The summed E-state index contributed by atoms with van der Waals surface area (Å²) in [6.07, 6.45) is 3.43. The maximum absolute atomic E-state index is 10.5. The molecule has 0 unspecified atom stereocenters. The van der Waals surface area contributed by atoms with Crippen LogP contribution in [-0.4, -0.2) is 66.9 Å². The van der Waals surface area contributed by atoms with E-state index in [0.29, 0.717) is 6.04 Å². The van der Waals surface area contributed by atoms with Gasteiger partial charge in [0.15, 0.2) is 0 Å². The molecule has 2 heterocycles. The predicted octanol–water partition coefficient (Wildman–Crippen LogP) is 1.91. The van der Waals surface area contributed by atoms with Gasteiger partial charge >= 0.3 is 0 Å². The minimum atomic E-state index is -0.383. The lowest BCUT2D eigenvalue weighted by Gasteiger charge is -2.40. The van der Waals surface area contributed by atoms with Crippen LogP contribution in [0.25, 0.3) is 0 Å². The molecule has 2 fully saturated rings. The normalized spacial score (nSPS) is 26.0. The van der Waals surface area contributed by atoms with Crippen LogP contribution in [0.15, 0.2) is 30.3 Å². The minimum absolute atomic E-state index is 0.383. The van der Waals surface area contributed by atoms with Crippen molar-refractivity contribution in [3.8, 4) is 0 Å². The third-order valence-electron chi connectivity index (χ3n) is 4.91. The number of rotatable bonds is 5. The van der Waals surface area contributed by atoms with E-state index in [4.69, 9.17) is 4.74 Å². The molecule has 0 aliphatic carbocycles. The lowest BCUT2D eigenvalue weighted by atomic mass is 9.99. The van der Waals surface area contributed by atoms with Crippen LogP contribution in [0.4, 0.5) is 0 Å². The topological polar surface area (TPSA) is 35.9 Å². The Morgan fingerprint density at radius 3 is 2.64 bits per heavy atom. The summed E-state index contributed by atoms with van der Waals surface area (Å²) in [7, 11) is 0. The molecule has 22 heavy (non-hydrogen) atoms. The third-order valence-corrected chi connectivity index (χ3v) is 4.91. The largest absolute Gasteiger partial charge is 0.387 e. The van der Waals surface area contributed by atoms with E-state index in [-0.39, 0.29) is 6.10 Å². The highest BCUT2D eigenvalue weighted by Crippen LogP contribution is 2.22. The predicted molar refractivity (Wildman–Crippen MR) is 87.9 cm³/mol. The van der Waals surface area contributed by atoms with Gasteiger partial charge in [-0.15, -0.1) is 0 Å². The Kier molecular flexibility index (Phi) is 5.84. The first kappa shape index (κ1) is 15.9. The number of hydrogen-bond acceptors (Lipinski definition) is 4. The van der Waals surface area contributed by atoms with Gasteiger partial charge in [0.1, 0.15) is 0 Å². The molecule has 0 saturated carbocycles. The average molecular weight is 304 g/mol. The Balaban J connectivity index is 1.57. The summed E-state index contributed by atoms with van der Waals surface area (Å²) in [4.78, 5) is 5.01. The zero-order valence-electron chi connectivity index (χ0n) is 13.4. The lowest BCUT2D eigenvalue weighted by Crippen LogP contribution is -2.50. The van der Waals surface area contributed by atoms with Gasteiger partial charge in [0.2, 0.25) is 0 Å². The quantitative estimate of drug-likeness (QED) is 0.901. The molecule has 2 saturated heterocycles. The third kappa shape index (κ3) is 4.29. The molecule has 4 heteroatoms. The number of hydrogen-bond donors (Lipinski definition) is 1. The molecule has 1 aromatic carbocycles. The van der Waals surface area contributed by atoms with Gasteiger partial charge in [-0.1, -0.05) is 36.8 Å². The fraction of sp³-hybridized carbons (Fsp3) is 0.667. The summed E-state index contributed by atoms with van der Waals surface area (Å²) >= 11 is 0. The molecular weight excluding hydrogens is 276 g/mol. The number of aliphatic hydroxyl groups is 1. The fourth-order valence-corrected chi connectivity index (χ4v) is 3.59. The number of nitrogens with zero attached hydrogens (tertiary/aromatic N) is 2. The summed E-state index contributed by atoms with van der Waals surface area (Å²) in [6, 6.07) is 10.6. The van der Waals surface area contributed by atoms with Crippen molar-refractivity contribution in [1.82, 2.24) is 9.80 Å². The van der Waals surface area contributed by atoms with E-state index in [9.17, 15) is 5.11 Å². The van der Waals surface area contributed by atoms with E-state index in [1.54, 1.807) is 0 Å². The van der Waals surface area contributed by atoms with Crippen molar-refractivity contribution in [1.29, 1.82) is 0 Å². The van der Waals surface area contributed by atoms with E-state index < -0.39 is 0 Å². The van der Waals surface area contributed by atoms with Gasteiger partial charge in [-0.3, -0.25) is 9.80 Å². The number of benzene rings is 1. The van der Waals surface area contributed by atoms with Gasteiger partial charge in [-0.25, -0.2) is 0 Å². The molecule has 2 aliphatic rings. The van der Waals surface area contributed by atoms with Crippen LogP contribution < -0.4 is 0 Å². The Bertz CT molecular complexity index is 434. The highest BCUT2D eigenvalue weighted by molar-refractivity contribution is 5.17. The maximum Gasteiger partial charge on any atom is 0.0917 e. The molecule has 0 spiro atoms. The smallest absolute Gasteiger partial charge is 0.0917 e. The second-order valence-electron chi connectivity index (χ2n) is 6.48. The van der Waals surface area contributed by atoms with E-state index in [1.807, 2.05) is 30.3 Å². The second-order valence-corrected chi connectivity index (χ2v) is 6.48. The number of likely N-dealkylation sites (tertiary alicyclic amines) is 1. The zero-order valence-corrected chi connectivity index (χ0v) is 13.4. The molecule has 4 nitrogen and oxygen atoms in total. The summed E-state index contributed by atoms with van der Waals surface area (Å²) in [5.41, 5.74) is 1.03. The molecule has 1 aromatic rings. The van der Waals surface area contributed by atoms with Gasteiger partial charge in [0.25, 0.3) is 0 Å². The van der Waals surface area contributed by atoms with Crippen molar-refractivity contribution in [2.75, 3.05) is 45.9 Å². The van der Waals surface area contributed by atoms with Crippen LogP contribution >= 0.6 is 0 Å². The molecule has 3 rings (SSSR count). The van der Waals surface area contributed by atoms with Crippen LogP contribution in [0.1, 0.15) is 30.9 Å². The molecule has 0 radical (unpaired) electrons. The van der Waals surface area contributed by atoms with Crippen molar-refractivity contribution < 1.29 is 9.84 Å². The molecule has 2 aliphatic heterocycles. The summed E-state index contributed by atoms with van der Waals surface area (Å²) < 4.78 is 5.44. The number of β-amino-alcohol motifs (C(OH)–C–C–N with tert-alkyl or cyclic N) is 1. The van der Waals surface area contributed by atoms with Crippen molar-refractivity contribution in [3.05, 3.63) is 35.9 Å². The van der Waals surface area contributed by atoms with Crippen LogP contribution in [-0.2, 0) is 4.74 Å². The minimum Gasteiger partial charge on any atom is -0.387 e. The van der Waals surface area contributed by atoms with Crippen molar-refractivity contribution >= 4 is 0 Å². The monoisotopic (exact) mass is 304 g/mol. The molecule has 122 valence electrons. The highest BCUT2D eigenvalue weighted by atomic mass is 16.5. The van der Waals surface area contributed by atoms with E-state index in [1.165, 1.54) is 19.3 Å². The van der Waals surface area contributed by atoms with E-state index >= 15 is 0 Å². The average Bonchev–Trinajstić information content (AvgIpc) is 2.58. The number of ether oxygens (including phenoxy) is 1. The van der Waals surface area contributed by atoms with Crippen LogP contribution in [0, 0.1) is 0 Å².